The van der Waals surface area contributed by atoms with Gasteiger partial charge in [0, 0.05) is 11.6 Å². The average molecular weight is 285 g/mol. The summed E-state index contributed by atoms with van der Waals surface area (Å²) in [6.07, 6.45) is 8.54. The summed E-state index contributed by atoms with van der Waals surface area (Å²) in [4.78, 5) is 12.5. The van der Waals surface area contributed by atoms with E-state index in [2.05, 4.69) is 5.32 Å². The van der Waals surface area contributed by atoms with Gasteiger partial charge in [0.05, 0.1) is 6.61 Å². The molecule has 112 valence electrons. The first-order chi connectivity index (χ1) is 10.3. The number of rotatable bonds is 2. The zero-order chi connectivity index (χ0) is 14.2. The molecule has 0 radical (unpaired) electrons. The summed E-state index contributed by atoms with van der Waals surface area (Å²) in [7, 11) is 0. The highest BCUT2D eigenvalue weighted by Gasteiger charge is 2.39. The van der Waals surface area contributed by atoms with Crippen molar-refractivity contribution in [2.75, 3.05) is 6.61 Å². The van der Waals surface area contributed by atoms with E-state index in [0.717, 1.165) is 49.0 Å². The lowest BCUT2D eigenvalue weighted by Crippen LogP contribution is -2.37. The molecule has 0 spiro atoms. The van der Waals surface area contributed by atoms with Crippen LogP contribution in [0.25, 0.3) is 0 Å². The Morgan fingerprint density at radius 1 is 1.14 bits per heavy atom. The Morgan fingerprint density at radius 3 is 3.05 bits per heavy atom. The van der Waals surface area contributed by atoms with Crippen LogP contribution in [0.5, 0.6) is 5.75 Å². The van der Waals surface area contributed by atoms with Crippen LogP contribution in [-0.2, 0) is 6.42 Å². The summed E-state index contributed by atoms with van der Waals surface area (Å²) in [5.41, 5.74) is 1.97. The van der Waals surface area contributed by atoms with Crippen molar-refractivity contribution in [3.05, 3.63) is 29.3 Å². The minimum atomic E-state index is 0.0981. The third kappa shape index (κ3) is 2.43. The molecule has 0 aromatic heterocycles. The van der Waals surface area contributed by atoms with Crippen LogP contribution in [0.2, 0.25) is 0 Å². The summed E-state index contributed by atoms with van der Waals surface area (Å²) in [5.74, 6) is 2.65. The molecule has 1 amide bonds. The molecule has 0 saturated heterocycles. The SMILES string of the molecule is O=C(N[C@H]1CC[C@@H]2CCC[C@@H]21)c1ccc2c(c1)CCCO2. The molecule has 2 fully saturated rings. The molecule has 3 heteroatoms. The van der Waals surface area contributed by atoms with Crippen LogP contribution >= 0.6 is 0 Å². The van der Waals surface area contributed by atoms with Crippen LogP contribution in [0.15, 0.2) is 18.2 Å². The average Bonchev–Trinajstić information content (AvgIpc) is 3.12. The van der Waals surface area contributed by atoms with Crippen LogP contribution in [0.3, 0.4) is 0 Å². The lowest BCUT2D eigenvalue weighted by molar-refractivity contribution is 0.0926. The number of carbonyl (C=O) groups is 1. The maximum Gasteiger partial charge on any atom is 0.251 e. The van der Waals surface area contributed by atoms with Crippen LogP contribution in [0, 0.1) is 11.8 Å². The molecule has 3 aliphatic rings. The van der Waals surface area contributed by atoms with E-state index < -0.39 is 0 Å². The van der Waals surface area contributed by atoms with E-state index >= 15 is 0 Å². The first kappa shape index (κ1) is 13.2. The Bertz CT molecular complexity index is 554. The van der Waals surface area contributed by atoms with Crippen molar-refractivity contribution in [1.82, 2.24) is 5.32 Å². The minimum Gasteiger partial charge on any atom is -0.493 e. The molecule has 1 N–H and O–H groups in total. The molecular weight excluding hydrogens is 262 g/mol. The van der Waals surface area contributed by atoms with Crippen molar-refractivity contribution in [2.24, 2.45) is 11.8 Å². The van der Waals surface area contributed by atoms with E-state index in [0.29, 0.717) is 6.04 Å². The lowest BCUT2D eigenvalue weighted by atomic mass is 9.97. The molecule has 0 unspecified atom stereocenters. The summed E-state index contributed by atoms with van der Waals surface area (Å²) in [6.45, 7) is 0.795. The summed E-state index contributed by atoms with van der Waals surface area (Å²) >= 11 is 0. The van der Waals surface area contributed by atoms with Gasteiger partial charge in [0.15, 0.2) is 0 Å². The zero-order valence-corrected chi connectivity index (χ0v) is 12.4. The summed E-state index contributed by atoms with van der Waals surface area (Å²) < 4.78 is 5.62. The second-order valence-electron chi connectivity index (χ2n) is 6.79. The van der Waals surface area contributed by atoms with E-state index in [4.69, 9.17) is 4.74 Å². The quantitative estimate of drug-likeness (QED) is 0.905. The van der Waals surface area contributed by atoms with Gasteiger partial charge in [-0.15, -0.1) is 0 Å². The first-order valence-corrected chi connectivity index (χ1v) is 8.38. The standard InChI is InChI=1S/C18H23NO2/c20-18(19-16-8-6-12-3-1-5-15(12)16)14-7-9-17-13(11-14)4-2-10-21-17/h7,9,11-12,15-16H,1-6,8,10H2,(H,19,20)/t12-,15-,16-/m0/s1. The number of carbonyl (C=O) groups excluding carboxylic acids is 1. The number of amides is 1. The van der Waals surface area contributed by atoms with Crippen molar-refractivity contribution in [2.45, 2.75) is 51.0 Å². The third-order valence-corrected chi connectivity index (χ3v) is 5.57. The Kier molecular flexibility index (Phi) is 3.36. The van der Waals surface area contributed by atoms with Gasteiger partial charge in [-0.25, -0.2) is 0 Å². The van der Waals surface area contributed by atoms with E-state index in [-0.39, 0.29) is 5.91 Å². The van der Waals surface area contributed by atoms with Gasteiger partial charge in [-0.3, -0.25) is 4.79 Å². The van der Waals surface area contributed by atoms with Gasteiger partial charge in [-0.2, -0.15) is 0 Å². The van der Waals surface area contributed by atoms with Crippen molar-refractivity contribution in [1.29, 1.82) is 0 Å². The number of aryl methyl sites for hydroxylation is 1. The van der Waals surface area contributed by atoms with Crippen molar-refractivity contribution in [3.8, 4) is 5.75 Å². The number of hydrogen-bond donors (Lipinski definition) is 1. The van der Waals surface area contributed by atoms with Crippen LogP contribution < -0.4 is 10.1 Å². The normalized spacial score (nSPS) is 30.4. The topological polar surface area (TPSA) is 38.3 Å². The highest BCUT2D eigenvalue weighted by Crippen LogP contribution is 2.44. The van der Waals surface area contributed by atoms with E-state index in [1.165, 1.54) is 31.2 Å². The molecule has 3 atom stereocenters. The van der Waals surface area contributed by atoms with E-state index in [1.54, 1.807) is 0 Å². The van der Waals surface area contributed by atoms with Crippen LogP contribution in [0.1, 0.15) is 54.4 Å². The first-order valence-electron chi connectivity index (χ1n) is 8.38. The highest BCUT2D eigenvalue weighted by molar-refractivity contribution is 5.94. The number of hydrogen-bond acceptors (Lipinski definition) is 2. The van der Waals surface area contributed by atoms with Crippen molar-refractivity contribution in [3.63, 3.8) is 0 Å². The number of ether oxygens (including phenoxy) is 1. The zero-order valence-electron chi connectivity index (χ0n) is 12.4. The fraction of sp³-hybridized carbons (Fsp3) is 0.611. The largest absolute Gasteiger partial charge is 0.493 e. The molecule has 1 aromatic carbocycles. The second-order valence-corrected chi connectivity index (χ2v) is 6.79. The predicted molar refractivity (Wildman–Crippen MR) is 81.6 cm³/mol. The Balaban J connectivity index is 1.47. The summed E-state index contributed by atoms with van der Waals surface area (Å²) in [5, 5.41) is 3.29. The summed E-state index contributed by atoms with van der Waals surface area (Å²) in [6, 6.07) is 6.28. The van der Waals surface area contributed by atoms with Gasteiger partial charge in [-0.05, 0) is 67.7 Å². The predicted octanol–water partition coefficient (Wildman–Crippen LogP) is 3.32. The molecule has 3 nitrogen and oxygen atoms in total. The molecule has 21 heavy (non-hydrogen) atoms. The Hall–Kier alpha value is -1.51. The number of fused-ring (bicyclic) bond motifs is 2. The van der Waals surface area contributed by atoms with Crippen LogP contribution in [-0.4, -0.2) is 18.6 Å². The van der Waals surface area contributed by atoms with Gasteiger partial charge in [0.2, 0.25) is 0 Å². The maximum absolute atomic E-state index is 12.5. The van der Waals surface area contributed by atoms with Crippen molar-refractivity contribution >= 4 is 5.91 Å². The van der Waals surface area contributed by atoms with Gasteiger partial charge in [0.25, 0.3) is 5.91 Å². The second kappa shape index (κ2) is 5.36. The molecule has 2 aliphatic carbocycles. The number of nitrogens with one attached hydrogen (secondary N) is 1. The van der Waals surface area contributed by atoms with Crippen molar-refractivity contribution < 1.29 is 9.53 Å². The lowest BCUT2D eigenvalue weighted by Gasteiger charge is -2.21. The Morgan fingerprint density at radius 2 is 2.10 bits per heavy atom. The van der Waals surface area contributed by atoms with Gasteiger partial charge >= 0.3 is 0 Å². The van der Waals surface area contributed by atoms with Gasteiger partial charge in [-0.1, -0.05) is 12.8 Å². The van der Waals surface area contributed by atoms with E-state index in [1.807, 2.05) is 18.2 Å². The van der Waals surface area contributed by atoms with Gasteiger partial charge < -0.3 is 10.1 Å². The maximum atomic E-state index is 12.5. The minimum absolute atomic E-state index is 0.0981. The van der Waals surface area contributed by atoms with E-state index in [9.17, 15) is 4.79 Å². The molecule has 2 saturated carbocycles. The molecule has 4 rings (SSSR count). The number of benzene rings is 1. The van der Waals surface area contributed by atoms with Crippen LogP contribution in [0.4, 0.5) is 0 Å². The molecule has 1 aromatic rings. The molecule has 1 aliphatic heterocycles. The highest BCUT2D eigenvalue weighted by atomic mass is 16.5. The fourth-order valence-electron chi connectivity index (χ4n) is 4.49. The molecule has 0 bridgehead atoms. The van der Waals surface area contributed by atoms with Gasteiger partial charge in [0.1, 0.15) is 5.75 Å². The molecular formula is C18H23NO2. The third-order valence-electron chi connectivity index (χ3n) is 5.57. The monoisotopic (exact) mass is 285 g/mol. The smallest absolute Gasteiger partial charge is 0.251 e. The fourth-order valence-corrected chi connectivity index (χ4v) is 4.49. The molecule has 1 heterocycles. The Labute approximate surface area is 126 Å².